The summed E-state index contributed by atoms with van der Waals surface area (Å²) in [4.78, 5) is 0.242. The molecule has 0 aliphatic carbocycles. The van der Waals surface area contributed by atoms with Gasteiger partial charge < -0.3 is 5.11 Å². The van der Waals surface area contributed by atoms with Gasteiger partial charge in [-0.25, -0.2) is 8.42 Å². The molecule has 0 saturated carbocycles. The first-order valence-corrected chi connectivity index (χ1v) is 17.7. The molecule has 3 nitrogen and oxygen atoms in total. The van der Waals surface area contributed by atoms with E-state index < -0.39 is 15.4 Å². The van der Waals surface area contributed by atoms with Gasteiger partial charge in [-0.1, -0.05) is 82.4 Å². The summed E-state index contributed by atoms with van der Waals surface area (Å²) in [6.45, 7) is 22.7. The van der Waals surface area contributed by atoms with E-state index in [4.69, 9.17) is 0 Å². The zero-order valence-electron chi connectivity index (χ0n) is 29.1. The first-order valence-electron chi connectivity index (χ1n) is 16.1. The number of sulfone groups is 1. The summed E-state index contributed by atoms with van der Waals surface area (Å²) >= 11 is 0. The molecule has 0 fully saturated rings. The minimum Gasteiger partial charge on any atom is -0.384 e. The van der Waals surface area contributed by atoms with Crippen molar-refractivity contribution in [3.63, 3.8) is 0 Å². The molecule has 42 heavy (non-hydrogen) atoms. The highest BCUT2D eigenvalue weighted by molar-refractivity contribution is 7.95. The van der Waals surface area contributed by atoms with E-state index in [1.165, 1.54) is 33.4 Å². The minimum atomic E-state index is -3.62. The van der Waals surface area contributed by atoms with Crippen LogP contribution in [0.15, 0.2) is 80.4 Å². The molecule has 0 aromatic rings. The van der Waals surface area contributed by atoms with Crippen LogP contribution >= 0.6 is 0 Å². The lowest BCUT2D eigenvalue weighted by atomic mass is 9.89. The molecular weight excluding hydrogens is 536 g/mol. The van der Waals surface area contributed by atoms with E-state index in [-0.39, 0.29) is 17.1 Å². The quantitative estimate of drug-likeness (QED) is 0.141. The Labute approximate surface area is 261 Å². The van der Waals surface area contributed by atoms with Crippen molar-refractivity contribution in [2.75, 3.05) is 5.75 Å². The Morgan fingerprint density at radius 1 is 0.571 bits per heavy atom. The van der Waals surface area contributed by atoms with Crippen molar-refractivity contribution in [1.82, 2.24) is 0 Å². The monoisotopic (exact) mass is 600 g/mol. The van der Waals surface area contributed by atoms with E-state index in [2.05, 4.69) is 98.8 Å². The Kier molecular flexibility index (Phi) is 20.0. The van der Waals surface area contributed by atoms with Crippen LogP contribution in [0, 0.1) is 0 Å². The number of rotatable bonds is 20. The van der Waals surface area contributed by atoms with Crippen molar-refractivity contribution in [3.05, 3.63) is 80.4 Å². The van der Waals surface area contributed by atoms with Gasteiger partial charge in [-0.05, 0) is 140 Å². The van der Waals surface area contributed by atoms with E-state index >= 15 is 0 Å². The number of aliphatic hydroxyl groups is 1. The molecule has 0 amide bonds. The van der Waals surface area contributed by atoms with E-state index in [9.17, 15) is 13.5 Å². The van der Waals surface area contributed by atoms with Crippen LogP contribution in [0.25, 0.3) is 0 Å². The first kappa shape index (κ1) is 40.1. The topological polar surface area (TPSA) is 54.4 Å². The van der Waals surface area contributed by atoms with Gasteiger partial charge in [0.15, 0.2) is 9.84 Å². The summed E-state index contributed by atoms with van der Waals surface area (Å²) in [6, 6.07) is 0. The highest BCUT2D eigenvalue weighted by atomic mass is 32.2. The molecule has 0 aliphatic rings. The third kappa shape index (κ3) is 17.9. The van der Waals surface area contributed by atoms with Crippen LogP contribution in [-0.4, -0.2) is 24.9 Å². The van der Waals surface area contributed by atoms with Crippen LogP contribution in [0.3, 0.4) is 0 Å². The predicted octanol–water partition coefficient (Wildman–Crippen LogP) is 11.5. The Balaban J connectivity index is 6.31. The van der Waals surface area contributed by atoms with E-state index in [1.807, 2.05) is 13.8 Å². The van der Waals surface area contributed by atoms with Gasteiger partial charge in [0.25, 0.3) is 0 Å². The first-order chi connectivity index (χ1) is 19.5. The molecule has 0 saturated heterocycles. The molecule has 0 aliphatic heterocycles. The van der Waals surface area contributed by atoms with E-state index in [0.29, 0.717) is 19.3 Å². The lowest BCUT2D eigenvalue weighted by Gasteiger charge is -2.31. The molecule has 0 spiro atoms. The lowest BCUT2D eigenvalue weighted by Crippen LogP contribution is -2.36. The van der Waals surface area contributed by atoms with Crippen molar-refractivity contribution in [3.8, 4) is 0 Å². The summed E-state index contributed by atoms with van der Waals surface area (Å²) < 4.78 is 27.5. The molecule has 0 bridgehead atoms. The Bertz CT molecular complexity index is 1140. The highest BCUT2D eigenvalue weighted by Gasteiger charge is 2.39. The van der Waals surface area contributed by atoms with Crippen LogP contribution < -0.4 is 0 Å². The maximum absolute atomic E-state index is 13.7. The fourth-order valence-electron chi connectivity index (χ4n) is 5.00. The maximum atomic E-state index is 13.7. The third-order valence-corrected chi connectivity index (χ3v) is 9.75. The fourth-order valence-corrected chi connectivity index (χ4v) is 7.12. The second kappa shape index (κ2) is 20.9. The fraction of sp³-hybridized carbons (Fsp3) is 0.632. The van der Waals surface area contributed by atoms with Crippen LogP contribution in [0.1, 0.15) is 147 Å². The van der Waals surface area contributed by atoms with Crippen molar-refractivity contribution in [2.45, 2.75) is 152 Å². The van der Waals surface area contributed by atoms with Gasteiger partial charge >= 0.3 is 0 Å². The van der Waals surface area contributed by atoms with Crippen LogP contribution in [0.2, 0.25) is 0 Å². The zero-order valence-corrected chi connectivity index (χ0v) is 29.9. The smallest absolute Gasteiger partial charge is 0.177 e. The van der Waals surface area contributed by atoms with Crippen molar-refractivity contribution in [2.24, 2.45) is 0 Å². The Morgan fingerprint density at radius 2 is 0.929 bits per heavy atom. The number of hydrogen-bond donors (Lipinski definition) is 1. The van der Waals surface area contributed by atoms with Crippen LogP contribution in [0.4, 0.5) is 0 Å². The highest BCUT2D eigenvalue weighted by Crippen LogP contribution is 2.36. The molecular formula is C38H64O3S. The average molecular weight is 601 g/mol. The van der Waals surface area contributed by atoms with Gasteiger partial charge in [0, 0.05) is 0 Å². The van der Waals surface area contributed by atoms with Crippen LogP contribution in [-0.2, 0) is 9.84 Å². The Hall–Kier alpha value is -1.91. The van der Waals surface area contributed by atoms with Crippen molar-refractivity contribution in [1.29, 1.82) is 0 Å². The summed E-state index contributed by atoms with van der Waals surface area (Å²) in [5.74, 6) is 0.0490. The summed E-state index contributed by atoms with van der Waals surface area (Å²) in [7, 11) is -3.62. The van der Waals surface area contributed by atoms with E-state index in [1.54, 1.807) is 0 Å². The second-order valence-corrected chi connectivity index (χ2v) is 15.1. The van der Waals surface area contributed by atoms with Crippen molar-refractivity contribution < 1.29 is 13.5 Å². The van der Waals surface area contributed by atoms with Crippen molar-refractivity contribution >= 4 is 9.84 Å². The van der Waals surface area contributed by atoms with Gasteiger partial charge in [0.2, 0.25) is 0 Å². The molecule has 0 rings (SSSR count). The third-order valence-electron chi connectivity index (χ3n) is 7.46. The molecule has 240 valence electrons. The van der Waals surface area contributed by atoms with Crippen LogP contribution in [0.5, 0.6) is 0 Å². The molecule has 1 unspecified atom stereocenters. The molecule has 0 radical (unpaired) electrons. The molecule has 1 N–H and O–H groups in total. The maximum Gasteiger partial charge on any atom is 0.177 e. The predicted molar refractivity (Wildman–Crippen MR) is 187 cm³/mol. The molecule has 0 heterocycles. The molecule has 0 aromatic carbocycles. The minimum absolute atomic E-state index is 0.0490. The number of hydrogen-bond acceptors (Lipinski definition) is 3. The lowest BCUT2D eigenvalue weighted by molar-refractivity contribution is 0.0905. The number of allylic oxidation sites excluding steroid dienone is 11. The van der Waals surface area contributed by atoms with E-state index in [0.717, 1.165) is 50.5 Å². The van der Waals surface area contributed by atoms with Gasteiger partial charge in [-0.15, -0.1) is 0 Å². The largest absolute Gasteiger partial charge is 0.384 e. The molecule has 1 atom stereocenters. The summed E-state index contributed by atoms with van der Waals surface area (Å²) in [6.07, 6.45) is 21.4. The second-order valence-electron chi connectivity index (χ2n) is 13.0. The zero-order chi connectivity index (χ0) is 32.3. The SMILES string of the molecule is CCCS(=O)(=O)C(=C(C)CCC=C(C)C)C(O)(CC=C(C)CCC=C(C)C)CC=C(C)CCC=C(C)CCC=C(C)C. The van der Waals surface area contributed by atoms with Gasteiger partial charge in [0.05, 0.1) is 10.7 Å². The average Bonchev–Trinajstić information content (AvgIpc) is 2.85. The summed E-state index contributed by atoms with van der Waals surface area (Å²) in [5.41, 5.74) is 6.92. The normalized spacial score (nSPS) is 15.1. The van der Waals surface area contributed by atoms with Gasteiger partial charge in [0.1, 0.15) is 5.60 Å². The van der Waals surface area contributed by atoms with Gasteiger partial charge in [-0.3, -0.25) is 0 Å². The van der Waals surface area contributed by atoms with Gasteiger partial charge in [-0.2, -0.15) is 0 Å². The molecule has 4 heteroatoms. The molecule has 0 aromatic heterocycles. The standard InChI is InChI=1S/C38H64O3S/c1-12-29-42(40,41)37(36(11)24-15-19-32(6)7)38(39,27-25-34(9)21-14-18-31(4)5)28-26-35(10)23-16-22-33(8)20-13-17-30(2)3/h17-19,22,25-26,39H,12-16,20-21,23-24,27-29H2,1-11H3. The summed E-state index contributed by atoms with van der Waals surface area (Å²) in [5, 5.41) is 12.3. The Morgan fingerprint density at radius 3 is 1.31 bits per heavy atom.